The summed E-state index contributed by atoms with van der Waals surface area (Å²) < 4.78 is 0.859. The summed E-state index contributed by atoms with van der Waals surface area (Å²) in [4.78, 5) is 19.2. The Morgan fingerprint density at radius 2 is 2.05 bits per heavy atom. The minimum absolute atomic E-state index is 0.132. The molecule has 0 saturated carbocycles. The van der Waals surface area contributed by atoms with Gasteiger partial charge >= 0.3 is 0 Å². The van der Waals surface area contributed by atoms with E-state index in [4.69, 9.17) is 11.6 Å². The van der Waals surface area contributed by atoms with Crippen molar-refractivity contribution in [2.24, 2.45) is 0 Å². The Morgan fingerprint density at radius 1 is 1.24 bits per heavy atom. The lowest BCUT2D eigenvalue weighted by atomic mass is 10.2. The van der Waals surface area contributed by atoms with Gasteiger partial charge in [-0.25, -0.2) is 4.98 Å². The highest BCUT2D eigenvalue weighted by Gasteiger charge is 2.04. The third-order valence-electron chi connectivity index (χ3n) is 3.04. The molecule has 0 aliphatic carbocycles. The summed E-state index contributed by atoms with van der Waals surface area (Å²) in [6, 6.07) is 12.7. The lowest BCUT2D eigenvalue weighted by Crippen LogP contribution is -2.14. The molecule has 6 heteroatoms. The van der Waals surface area contributed by atoms with Gasteiger partial charge in [-0.05, 0) is 46.3 Å². The molecule has 0 aliphatic heterocycles. The molecule has 3 rings (SSSR count). The average Bonchev–Trinajstić information content (AvgIpc) is 2.46. The van der Waals surface area contributed by atoms with Gasteiger partial charge in [0.25, 0.3) is 5.56 Å². The van der Waals surface area contributed by atoms with Crippen molar-refractivity contribution >= 4 is 44.1 Å². The maximum absolute atomic E-state index is 12.0. The number of nitrogens with zero attached hydrogens (tertiary/aromatic N) is 1. The van der Waals surface area contributed by atoms with E-state index in [2.05, 4.69) is 31.2 Å². The zero-order valence-electron chi connectivity index (χ0n) is 10.9. The fraction of sp³-hybridized carbons (Fsp3) is 0.0667. The maximum Gasteiger partial charge on any atom is 0.258 e. The van der Waals surface area contributed by atoms with Crippen LogP contribution in [0.5, 0.6) is 0 Å². The van der Waals surface area contributed by atoms with Crippen molar-refractivity contribution in [2.45, 2.75) is 6.54 Å². The molecule has 0 amide bonds. The van der Waals surface area contributed by atoms with Crippen LogP contribution in [0.1, 0.15) is 5.82 Å². The van der Waals surface area contributed by atoms with Gasteiger partial charge in [-0.2, -0.15) is 0 Å². The van der Waals surface area contributed by atoms with E-state index in [1.54, 1.807) is 18.2 Å². The number of anilines is 1. The molecular formula is C15H11BrClN3O. The van der Waals surface area contributed by atoms with Crippen molar-refractivity contribution in [1.29, 1.82) is 0 Å². The van der Waals surface area contributed by atoms with E-state index in [1.807, 2.05) is 24.3 Å². The van der Waals surface area contributed by atoms with Crippen LogP contribution in [0, 0.1) is 0 Å². The molecule has 0 aliphatic rings. The van der Waals surface area contributed by atoms with E-state index in [-0.39, 0.29) is 5.56 Å². The molecule has 0 unspecified atom stereocenters. The SMILES string of the molecule is O=c1[nH]c(CNc2ccc(Cl)cc2Br)nc2ccccc12. The molecule has 0 atom stereocenters. The van der Waals surface area contributed by atoms with E-state index in [9.17, 15) is 4.79 Å². The van der Waals surface area contributed by atoms with Gasteiger partial charge in [0.15, 0.2) is 0 Å². The number of aromatic amines is 1. The van der Waals surface area contributed by atoms with Gasteiger partial charge in [-0.3, -0.25) is 4.79 Å². The minimum Gasteiger partial charge on any atom is -0.377 e. The molecule has 3 aromatic rings. The van der Waals surface area contributed by atoms with Crippen LogP contribution in [0.4, 0.5) is 5.69 Å². The number of aromatic nitrogens is 2. The summed E-state index contributed by atoms with van der Waals surface area (Å²) in [5.74, 6) is 0.584. The molecule has 1 heterocycles. The fourth-order valence-electron chi connectivity index (χ4n) is 2.03. The summed E-state index contributed by atoms with van der Waals surface area (Å²) in [7, 11) is 0. The Hall–Kier alpha value is -1.85. The summed E-state index contributed by atoms with van der Waals surface area (Å²) >= 11 is 9.34. The van der Waals surface area contributed by atoms with Gasteiger partial charge in [0.05, 0.1) is 17.4 Å². The molecule has 2 aromatic carbocycles. The Labute approximate surface area is 134 Å². The summed E-state index contributed by atoms with van der Waals surface area (Å²) in [6.45, 7) is 0.417. The molecule has 1 aromatic heterocycles. The van der Waals surface area contributed by atoms with Crippen LogP contribution in [0.15, 0.2) is 51.7 Å². The summed E-state index contributed by atoms with van der Waals surface area (Å²) in [5.41, 5.74) is 1.44. The molecule has 0 radical (unpaired) electrons. The number of H-pyrrole nitrogens is 1. The van der Waals surface area contributed by atoms with Gasteiger partial charge in [0.2, 0.25) is 0 Å². The van der Waals surface area contributed by atoms with Crippen LogP contribution in [0.25, 0.3) is 10.9 Å². The van der Waals surface area contributed by atoms with Crippen LogP contribution in [0.2, 0.25) is 5.02 Å². The van der Waals surface area contributed by atoms with Crippen molar-refractivity contribution < 1.29 is 0 Å². The first-order valence-electron chi connectivity index (χ1n) is 6.30. The molecular weight excluding hydrogens is 354 g/mol. The number of fused-ring (bicyclic) bond motifs is 1. The predicted octanol–water partition coefficient (Wildman–Crippen LogP) is 3.95. The van der Waals surface area contributed by atoms with E-state index in [0.717, 1.165) is 10.2 Å². The standard InChI is InChI=1S/C15H11BrClN3O/c16-11-7-9(17)5-6-13(11)18-8-14-19-12-4-2-1-3-10(12)15(21)20-14/h1-7,18H,8H2,(H,19,20,21). The fourth-order valence-corrected chi connectivity index (χ4v) is 2.85. The first kappa shape index (κ1) is 14.1. The Morgan fingerprint density at radius 3 is 2.86 bits per heavy atom. The highest BCUT2D eigenvalue weighted by Crippen LogP contribution is 2.26. The molecule has 21 heavy (non-hydrogen) atoms. The van der Waals surface area contributed by atoms with Crippen molar-refractivity contribution in [2.75, 3.05) is 5.32 Å². The monoisotopic (exact) mass is 363 g/mol. The molecule has 106 valence electrons. The third kappa shape index (κ3) is 3.09. The largest absolute Gasteiger partial charge is 0.377 e. The molecule has 0 bridgehead atoms. The van der Waals surface area contributed by atoms with Crippen molar-refractivity contribution in [3.63, 3.8) is 0 Å². The zero-order chi connectivity index (χ0) is 14.8. The normalized spacial score (nSPS) is 10.8. The first-order valence-corrected chi connectivity index (χ1v) is 7.47. The summed E-state index contributed by atoms with van der Waals surface area (Å²) in [6.07, 6.45) is 0. The zero-order valence-corrected chi connectivity index (χ0v) is 13.2. The second-order valence-corrected chi connectivity index (χ2v) is 5.80. The van der Waals surface area contributed by atoms with E-state index in [0.29, 0.717) is 28.3 Å². The first-order chi connectivity index (χ1) is 10.1. The van der Waals surface area contributed by atoms with Crippen LogP contribution in [0.3, 0.4) is 0 Å². The lowest BCUT2D eigenvalue weighted by molar-refractivity contribution is 0.952. The third-order valence-corrected chi connectivity index (χ3v) is 3.93. The molecule has 0 spiro atoms. The number of para-hydroxylation sites is 1. The van der Waals surface area contributed by atoms with Gasteiger partial charge < -0.3 is 10.3 Å². The van der Waals surface area contributed by atoms with Crippen molar-refractivity contribution in [3.05, 3.63) is 68.1 Å². The number of halogens is 2. The van der Waals surface area contributed by atoms with E-state index < -0.39 is 0 Å². The van der Waals surface area contributed by atoms with E-state index >= 15 is 0 Å². The topological polar surface area (TPSA) is 57.8 Å². The molecule has 0 fully saturated rings. The molecule has 2 N–H and O–H groups in total. The average molecular weight is 365 g/mol. The number of rotatable bonds is 3. The smallest absolute Gasteiger partial charge is 0.258 e. The van der Waals surface area contributed by atoms with Crippen LogP contribution >= 0.6 is 27.5 Å². The Balaban J connectivity index is 1.87. The quantitative estimate of drug-likeness (QED) is 0.740. The Kier molecular flexibility index (Phi) is 3.94. The summed E-state index contributed by atoms with van der Waals surface area (Å²) in [5, 5.41) is 4.46. The van der Waals surface area contributed by atoms with E-state index in [1.165, 1.54) is 0 Å². The number of hydrogen-bond donors (Lipinski definition) is 2. The van der Waals surface area contributed by atoms with Crippen molar-refractivity contribution in [1.82, 2.24) is 9.97 Å². The lowest BCUT2D eigenvalue weighted by Gasteiger charge is -2.09. The molecule has 4 nitrogen and oxygen atoms in total. The number of hydrogen-bond acceptors (Lipinski definition) is 3. The van der Waals surface area contributed by atoms with Gasteiger partial charge in [-0.15, -0.1) is 0 Å². The second-order valence-electron chi connectivity index (χ2n) is 4.51. The van der Waals surface area contributed by atoms with Gasteiger partial charge in [-0.1, -0.05) is 23.7 Å². The van der Waals surface area contributed by atoms with Gasteiger partial charge in [0, 0.05) is 15.2 Å². The minimum atomic E-state index is -0.132. The van der Waals surface area contributed by atoms with Crippen molar-refractivity contribution in [3.8, 4) is 0 Å². The number of benzene rings is 2. The predicted molar refractivity (Wildman–Crippen MR) is 88.8 cm³/mol. The molecule has 0 saturated heterocycles. The highest BCUT2D eigenvalue weighted by atomic mass is 79.9. The maximum atomic E-state index is 12.0. The Bertz CT molecular complexity index is 863. The van der Waals surface area contributed by atoms with Crippen LogP contribution < -0.4 is 10.9 Å². The van der Waals surface area contributed by atoms with Crippen LogP contribution in [-0.2, 0) is 6.54 Å². The number of nitrogens with one attached hydrogen (secondary N) is 2. The second kappa shape index (κ2) is 5.87. The van der Waals surface area contributed by atoms with Gasteiger partial charge in [0.1, 0.15) is 5.82 Å². The highest BCUT2D eigenvalue weighted by molar-refractivity contribution is 9.10. The van der Waals surface area contributed by atoms with Crippen LogP contribution in [-0.4, -0.2) is 9.97 Å².